The fraction of sp³-hybridized carbons (Fsp3) is 0.833. The summed E-state index contributed by atoms with van der Waals surface area (Å²) in [5.74, 6) is -2.36. The van der Waals surface area contributed by atoms with Crippen LogP contribution in [-0.4, -0.2) is 32.7 Å². The summed E-state index contributed by atoms with van der Waals surface area (Å²) in [4.78, 5) is 27.5. The van der Waals surface area contributed by atoms with Crippen molar-refractivity contribution < 1.29 is 24.3 Å². The van der Waals surface area contributed by atoms with E-state index < -0.39 is 25.4 Å². The quantitative estimate of drug-likeness (QED) is 0.366. The molecule has 0 aromatic rings. The van der Waals surface area contributed by atoms with Crippen LogP contribution in [0.15, 0.2) is 0 Å². The van der Waals surface area contributed by atoms with Crippen molar-refractivity contribution in [2.45, 2.75) is 31.1 Å². The van der Waals surface area contributed by atoms with Gasteiger partial charge < -0.3 is 26.4 Å². The van der Waals surface area contributed by atoms with Crippen molar-refractivity contribution in [2.24, 2.45) is 11.5 Å². The monoisotopic (exact) mass is 226 g/mol. The molecule has 0 rings (SSSR count). The van der Waals surface area contributed by atoms with E-state index in [1.165, 1.54) is 0 Å². The third-order valence-electron chi connectivity index (χ3n) is 1.76. The van der Waals surface area contributed by atoms with Gasteiger partial charge in [-0.1, -0.05) is 0 Å². The van der Waals surface area contributed by atoms with Gasteiger partial charge in [-0.25, -0.2) is 0 Å². The third-order valence-corrected chi connectivity index (χ3v) is 2.89. The van der Waals surface area contributed by atoms with E-state index in [2.05, 4.69) is 0 Å². The lowest BCUT2D eigenvalue weighted by molar-refractivity contribution is -0.138. The lowest BCUT2D eigenvalue weighted by Gasteiger charge is -2.13. The van der Waals surface area contributed by atoms with Gasteiger partial charge in [0.15, 0.2) is 0 Å². The summed E-state index contributed by atoms with van der Waals surface area (Å²) in [5, 5.41) is 8.40. The molecule has 0 aromatic heterocycles. The SMILES string of the molecule is N[C@H](CCC[C@H](N)P(=O)(O)O)C(=O)O. The Hall–Kier alpha value is -0.460. The second kappa shape index (κ2) is 5.43. The van der Waals surface area contributed by atoms with E-state index in [1.807, 2.05) is 0 Å². The van der Waals surface area contributed by atoms with Gasteiger partial charge in [0, 0.05) is 0 Å². The third kappa shape index (κ3) is 5.31. The molecule has 0 aliphatic carbocycles. The summed E-state index contributed by atoms with van der Waals surface area (Å²) in [7, 11) is -4.25. The number of aliphatic carboxylic acids is 1. The summed E-state index contributed by atoms with van der Waals surface area (Å²) < 4.78 is 10.6. The number of carboxylic acid groups (broad SMARTS) is 1. The molecule has 2 atom stereocenters. The van der Waals surface area contributed by atoms with Gasteiger partial charge in [0.2, 0.25) is 0 Å². The highest BCUT2D eigenvalue weighted by molar-refractivity contribution is 7.52. The zero-order valence-corrected chi connectivity index (χ0v) is 8.43. The molecule has 14 heavy (non-hydrogen) atoms. The Labute approximate surface area is 81.3 Å². The van der Waals surface area contributed by atoms with Gasteiger partial charge in [-0.3, -0.25) is 9.36 Å². The average molecular weight is 226 g/mol. The zero-order chi connectivity index (χ0) is 11.4. The average Bonchev–Trinajstić information content (AvgIpc) is 2.01. The molecule has 84 valence electrons. The molecular formula is C6H15N2O5P. The van der Waals surface area contributed by atoms with Gasteiger partial charge in [-0.05, 0) is 19.3 Å². The molecule has 0 spiro atoms. The second-order valence-electron chi connectivity index (χ2n) is 3.03. The Morgan fingerprint density at radius 3 is 2.14 bits per heavy atom. The largest absolute Gasteiger partial charge is 0.480 e. The number of rotatable bonds is 6. The number of nitrogens with two attached hydrogens (primary N) is 2. The van der Waals surface area contributed by atoms with Crippen LogP contribution in [0, 0.1) is 0 Å². The highest BCUT2D eigenvalue weighted by Crippen LogP contribution is 2.40. The Balaban J connectivity index is 3.76. The van der Waals surface area contributed by atoms with E-state index in [0.29, 0.717) is 0 Å². The van der Waals surface area contributed by atoms with E-state index in [-0.39, 0.29) is 19.3 Å². The highest BCUT2D eigenvalue weighted by atomic mass is 31.2. The zero-order valence-electron chi connectivity index (χ0n) is 7.54. The highest BCUT2D eigenvalue weighted by Gasteiger charge is 2.24. The minimum Gasteiger partial charge on any atom is -0.480 e. The van der Waals surface area contributed by atoms with Gasteiger partial charge in [0.25, 0.3) is 0 Å². The maximum absolute atomic E-state index is 10.6. The molecule has 8 heteroatoms. The lowest BCUT2D eigenvalue weighted by atomic mass is 10.1. The van der Waals surface area contributed by atoms with Crippen LogP contribution in [0.1, 0.15) is 19.3 Å². The lowest BCUT2D eigenvalue weighted by Crippen LogP contribution is -2.30. The molecule has 0 unspecified atom stereocenters. The van der Waals surface area contributed by atoms with Crippen LogP contribution in [0.3, 0.4) is 0 Å². The first-order valence-corrected chi connectivity index (χ1v) is 5.72. The molecular weight excluding hydrogens is 211 g/mol. The molecule has 0 saturated heterocycles. The van der Waals surface area contributed by atoms with Crippen LogP contribution < -0.4 is 11.5 Å². The molecule has 0 heterocycles. The van der Waals surface area contributed by atoms with Crippen LogP contribution in [0.4, 0.5) is 0 Å². The summed E-state index contributed by atoms with van der Waals surface area (Å²) in [6.07, 6.45) is 0.494. The van der Waals surface area contributed by atoms with Crippen molar-refractivity contribution in [3.8, 4) is 0 Å². The van der Waals surface area contributed by atoms with Gasteiger partial charge in [0.05, 0.1) is 0 Å². The minimum atomic E-state index is -4.25. The van der Waals surface area contributed by atoms with E-state index >= 15 is 0 Å². The van der Waals surface area contributed by atoms with Gasteiger partial charge in [-0.2, -0.15) is 0 Å². The Morgan fingerprint density at radius 1 is 1.29 bits per heavy atom. The van der Waals surface area contributed by atoms with Gasteiger partial charge >= 0.3 is 13.6 Å². The maximum atomic E-state index is 10.6. The summed E-state index contributed by atoms with van der Waals surface area (Å²) in [6.45, 7) is 0. The molecule has 0 aromatic carbocycles. The molecule has 0 fully saturated rings. The molecule has 0 radical (unpaired) electrons. The smallest absolute Gasteiger partial charge is 0.342 e. The van der Waals surface area contributed by atoms with Crippen molar-refractivity contribution in [3.05, 3.63) is 0 Å². The van der Waals surface area contributed by atoms with Crippen molar-refractivity contribution in [3.63, 3.8) is 0 Å². The van der Waals surface area contributed by atoms with Crippen molar-refractivity contribution in [1.82, 2.24) is 0 Å². The van der Waals surface area contributed by atoms with Crippen LogP contribution in [0.25, 0.3) is 0 Å². The first-order chi connectivity index (χ1) is 6.25. The van der Waals surface area contributed by atoms with Crippen molar-refractivity contribution in [2.75, 3.05) is 0 Å². The number of hydrogen-bond acceptors (Lipinski definition) is 4. The van der Waals surface area contributed by atoms with Crippen LogP contribution in [0.2, 0.25) is 0 Å². The Kier molecular flexibility index (Phi) is 5.25. The first kappa shape index (κ1) is 13.5. The summed E-state index contributed by atoms with van der Waals surface area (Å²) in [6, 6.07) is -1.00. The topological polar surface area (TPSA) is 147 Å². The minimum absolute atomic E-state index is 0.0608. The van der Waals surface area contributed by atoms with E-state index in [4.69, 9.17) is 26.4 Å². The fourth-order valence-electron chi connectivity index (χ4n) is 0.839. The molecule has 7 N–H and O–H groups in total. The van der Waals surface area contributed by atoms with Crippen molar-refractivity contribution >= 4 is 13.6 Å². The van der Waals surface area contributed by atoms with Crippen LogP contribution in [-0.2, 0) is 9.36 Å². The number of hydrogen-bond donors (Lipinski definition) is 5. The molecule has 0 amide bonds. The summed E-state index contributed by atoms with van der Waals surface area (Å²) >= 11 is 0. The molecule has 0 aliphatic rings. The number of carboxylic acids is 1. The standard InChI is InChI=1S/C6H15N2O5P/c7-4(6(9)10)2-1-3-5(8)14(11,12)13/h4-5H,1-3,7-8H2,(H,9,10)(H2,11,12,13)/t4-,5-/m1/s1. The van der Waals surface area contributed by atoms with Crippen molar-refractivity contribution in [1.29, 1.82) is 0 Å². The summed E-state index contributed by atoms with van der Waals surface area (Å²) in [5.41, 5.74) is 10.3. The van der Waals surface area contributed by atoms with E-state index in [1.54, 1.807) is 0 Å². The Bertz CT molecular complexity index is 240. The number of carbonyl (C=O) groups is 1. The molecule has 0 saturated carbocycles. The predicted octanol–water partition coefficient (Wildman–Crippen LogP) is -0.969. The molecule has 0 bridgehead atoms. The van der Waals surface area contributed by atoms with E-state index in [0.717, 1.165) is 0 Å². The Morgan fingerprint density at radius 2 is 1.79 bits per heavy atom. The predicted molar refractivity (Wildman–Crippen MR) is 49.5 cm³/mol. The normalized spacial score (nSPS) is 16.3. The van der Waals surface area contributed by atoms with E-state index in [9.17, 15) is 9.36 Å². The second-order valence-corrected chi connectivity index (χ2v) is 4.87. The fourth-order valence-corrected chi connectivity index (χ4v) is 1.36. The van der Waals surface area contributed by atoms with Gasteiger partial charge in [0.1, 0.15) is 11.8 Å². The molecule has 7 nitrogen and oxygen atoms in total. The van der Waals surface area contributed by atoms with Crippen LogP contribution in [0.5, 0.6) is 0 Å². The maximum Gasteiger partial charge on any atom is 0.342 e. The van der Waals surface area contributed by atoms with Gasteiger partial charge in [-0.15, -0.1) is 0 Å². The first-order valence-electron chi connectivity index (χ1n) is 4.04. The van der Waals surface area contributed by atoms with Crippen LogP contribution >= 0.6 is 7.60 Å². The molecule has 0 aliphatic heterocycles.